The molecule has 1 aromatic heterocycles. The van der Waals surface area contributed by atoms with Crippen molar-refractivity contribution in [2.75, 3.05) is 19.6 Å². The van der Waals surface area contributed by atoms with Crippen LogP contribution in [0.4, 0.5) is 68.5 Å². The summed E-state index contributed by atoms with van der Waals surface area (Å²) >= 11 is 0. The molecule has 0 aliphatic carbocycles. The highest BCUT2D eigenvalue weighted by atomic mass is 15.3. The summed E-state index contributed by atoms with van der Waals surface area (Å²) in [4.78, 5) is 16.3. The summed E-state index contributed by atoms with van der Waals surface area (Å²) in [5, 5.41) is 10.4. The Balaban J connectivity index is 1.24. The van der Waals surface area contributed by atoms with Gasteiger partial charge in [-0.3, -0.25) is 9.80 Å². The Morgan fingerprint density at radius 1 is 0.300 bits per heavy atom. The second-order valence-corrected chi connectivity index (χ2v) is 18.6. The first-order valence-electron chi connectivity index (χ1n) is 24.1. The average Bonchev–Trinajstić information content (AvgIpc) is 3.42. The van der Waals surface area contributed by atoms with Gasteiger partial charge in [-0.15, -0.1) is 0 Å². The SMILES string of the molecule is N#Cc1ccc(-c2c(N3c4ccccc4Cc4ccccc43)c(N3c4ccccc4Cc4ccccc43)nc(N3c4ccccc4Cc4ccccc43)c2N2c3ccccc3Cc3ccccc32)cc1. The lowest BCUT2D eigenvalue weighted by Gasteiger charge is -2.44. The van der Waals surface area contributed by atoms with Gasteiger partial charge in [0.25, 0.3) is 0 Å². The third-order valence-corrected chi connectivity index (χ3v) is 14.7. The number of aromatic nitrogens is 1. The summed E-state index contributed by atoms with van der Waals surface area (Å²) < 4.78 is 0. The highest BCUT2D eigenvalue weighted by molar-refractivity contribution is 6.11. The van der Waals surface area contributed by atoms with Gasteiger partial charge in [0, 0.05) is 54.0 Å². The number of fused-ring (bicyclic) bond motifs is 8. The lowest BCUT2D eigenvalue weighted by Crippen LogP contribution is -2.29. The minimum atomic E-state index is 0.599. The number of nitrogens with zero attached hydrogens (tertiary/aromatic N) is 6. The maximum absolute atomic E-state index is 10.4. The quantitative estimate of drug-likeness (QED) is 0.172. The molecule has 70 heavy (non-hydrogen) atoms. The van der Waals surface area contributed by atoms with Crippen molar-refractivity contribution in [3.05, 3.63) is 268 Å². The number of hydrogen-bond acceptors (Lipinski definition) is 6. The van der Waals surface area contributed by atoms with E-state index in [9.17, 15) is 5.26 Å². The van der Waals surface area contributed by atoms with Gasteiger partial charge in [0.1, 0.15) is 0 Å². The highest BCUT2D eigenvalue weighted by Crippen LogP contribution is 2.62. The zero-order valence-corrected chi connectivity index (χ0v) is 38.3. The van der Waals surface area contributed by atoms with Gasteiger partial charge in [0.15, 0.2) is 11.6 Å². The molecule has 14 rings (SSSR count). The van der Waals surface area contributed by atoms with Crippen LogP contribution in [0.25, 0.3) is 11.1 Å². The third-order valence-electron chi connectivity index (χ3n) is 14.7. The van der Waals surface area contributed by atoms with Gasteiger partial charge in [-0.1, -0.05) is 158 Å². The fourth-order valence-electron chi connectivity index (χ4n) is 11.6. The maximum atomic E-state index is 10.4. The lowest BCUT2D eigenvalue weighted by atomic mass is 9.89. The number of rotatable bonds is 5. The molecule has 0 spiro atoms. The summed E-state index contributed by atoms with van der Waals surface area (Å²) in [6, 6.07) is 81.4. The van der Waals surface area contributed by atoms with Crippen molar-refractivity contribution in [1.29, 1.82) is 5.26 Å². The van der Waals surface area contributed by atoms with E-state index in [2.05, 4.69) is 232 Å². The minimum Gasteiger partial charge on any atom is -0.306 e. The number of benzene rings is 9. The molecule has 0 amide bonds. The van der Waals surface area contributed by atoms with Crippen LogP contribution < -0.4 is 19.6 Å². The minimum absolute atomic E-state index is 0.599. The van der Waals surface area contributed by atoms with E-state index in [0.717, 1.165) is 105 Å². The monoisotopic (exact) mass is 896 g/mol. The fraction of sp³-hybridized carbons (Fsp3) is 0.0625. The Hall–Kier alpha value is -9.18. The number of anilines is 12. The highest BCUT2D eigenvalue weighted by Gasteiger charge is 2.41. The molecular weight excluding hydrogens is 853 g/mol. The Morgan fingerprint density at radius 2 is 0.543 bits per heavy atom. The van der Waals surface area contributed by atoms with Crippen LogP contribution in [-0.2, 0) is 25.7 Å². The van der Waals surface area contributed by atoms with E-state index in [4.69, 9.17) is 4.98 Å². The van der Waals surface area contributed by atoms with Gasteiger partial charge in [-0.25, -0.2) is 4.98 Å². The number of para-hydroxylation sites is 8. The van der Waals surface area contributed by atoms with Crippen LogP contribution in [-0.4, -0.2) is 4.98 Å². The summed E-state index contributed by atoms with van der Waals surface area (Å²) in [6.45, 7) is 0. The van der Waals surface area contributed by atoms with E-state index in [-0.39, 0.29) is 0 Å². The van der Waals surface area contributed by atoms with Crippen LogP contribution in [0.3, 0.4) is 0 Å². The predicted octanol–water partition coefficient (Wildman–Crippen LogP) is 16.1. The lowest BCUT2D eigenvalue weighted by molar-refractivity contribution is 1.01. The largest absolute Gasteiger partial charge is 0.306 e. The number of pyridine rings is 1. The molecule has 6 nitrogen and oxygen atoms in total. The van der Waals surface area contributed by atoms with E-state index in [1.807, 2.05) is 12.1 Å². The maximum Gasteiger partial charge on any atom is 0.165 e. The first-order valence-corrected chi connectivity index (χ1v) is 24.1. The normalized spacial score (nSPS) is 13.6. The molecule has 0 saturated carbocycles. The van der Waals surface area contributed by atoms with E-state index in [0.29, 0.717) is 5.56 Å². The Kier molecular flexibility index (Phi) is 9.11. The van der Waals surface area contributed by atoms with E-state index in [1.54, 1.807) is 0 Å². The molecule has 5 heterocycles. The first-order chi connectivity index (χ1) is 34.7. The van der Waals surface area contributed by atoms with Crippen molar-refractivity contribution < 1.29 is 0 Å². The van der Waals surface area contributed by atoms with Gasteiger partial charge in [-0.2, -0.15) is 5.26 Å². The number of hydrogen-bond donors (Lipinski definition) is 0. The van der Waals surface area contributed by atoms with E-state index >= 15 is 0 Å². The molecule has 6 heteroatoms. The number of nitriles is 1. The van der Waals surface area contributed by atoms with Crippen molar-refractivity contribution in [2.24, 2.45) is 0 Å². The Bertz CT molecular complexity index is 3390. The fourth-order valence-corrected chi connectivity index (χ4v) is 11.6. The van der Waals surface area contributed by atoms with Crippen molar-refractivity contribution in [3.8, 4) is 17.2 Å². The molecule has 0 radical (unpaired) electrons. The Morgan fingerprint density at radius 3 is 0.800 bits per heavy atom. The van der Waals surface area contributed by atoms with E-state index < -0.39 is 0 Å². The molecule has 4 aliphatic rings. The predicted molar refractivity (Wildman–Crippen MR) is 284 cm³/mol. The molecule has 9 aromatic carbocycles. The van der Waals surface area contributed by atoms with Gasteiger partial charge in [0.05, 0.1) is 45.8 Å². The van der Waals surface area contributed by atoms with Crippen LogP contribution in [0.1, 0.15) is 50.1 Å². The first kappa shape index (κ1) is 39.9. The summed E-state index contributed by atoms with van der Waals surface area (Å²) in [5.74, 6) is 1.59. The topological polar surface area (TPSA) is 49.6 Å². The van der Waals surface area contributed by atoms with Crippen molar-refractivity contribution in [3.63, 3.8) is 0 Å². The molecule has 0 bridgehead atoms. The molecular formula is C64H44N6. The Labute approximate surface area is 407 Å². The molecule has 4 aliphatic heterocycles. The van der Waals surface area contributed by atoms with Crippen LogP contribution in [0.15, 0.2) is 218 Å². The molecule has 0 fully saturated rings. The average molecular weight is 897 g/mol. The van der Waals surface area contributed by atoms with E-state index in [1.165, 1.54) is 44.5 Å². The molecule has 0 atom stereocenters. The molecule has 0 unspecified atom stereocenters. The smallest absolute Gasteiger partial charge is 0.165 e. The van der Waals surface area contributed by atoms with Gasteiger partial charge < -0.3 is 9.80 Å². The van der Waals surface area contributed by atoms with Gasteiger partial charge in [0.2, 0.25) is 0 Å². The third kappa shape index (κ3) is 6.15. The second-order valence-electron chi connectivity index (χ2n) is 18.6. The van der Waals surface area contributed by atoms with Crippen molar-refractivity contribution >= 4 is 68.5 Å². The summed E-state index contributed by atoms with van der Waals surface area (Å²) in [7, 11) is 0. The molecule has 10 aromatic rings. The zero-order valence-electron chi connectivity index (χ0n) is 38.3. The van der Waals surface area contributed by atoms with Crippen LogP contribution in [0.2, 0.25) is 0 Å². The molecule has 330 valence electrons. The summed E-state index contributed by atoms with van der Waals surface area (Å²) in [5.41, 5.74) is 23.0. The second kappa shape index (κ2) is 16.0. The van der Waals surface area contributed by atoms with Gasteiger partial charge in [-0.05, 0) is 111 Å². The standard InChI is InChI=1S/C64H44N6/c65-41-42-33-35-43(36-34-42)60-61(67-52-25-9-1-17-44(52)37-45-18-2-10-26-53(45)67)63(69-56-29-13-5-21-48(56)39-49-22-6-14-30-57(49)69)66-64(70-58-31-15-7-23-50(58)40-51-24-8-16-32-59(51)70)62(60)68-54-27-11-3-19-46(54)38-47-20-4-12-28-55(47)68/h1-36H,37-40H2. The van der Waals surface area contributed by atoms with Crippen LogP contribution in [0.5, 0.6) is 0 Å². The van der Waals surface area contributed by atoms with Crippen molar-refractivity contribution in [1.82, 2.24) is 4.98 Å². The van der Waals surface area contributed by atoms with Crippen LogP contribution >= 0.6 is 0 Å². The zero-order chi connectivity index (χ0) is 46.3. The summed E-state index contributed by atoms with van der Waals surface area (Å²) in [6.07, 6.45) is 3.20. The molecule has 0 N–H and O–H groups in total. The van der Waals surface area contributed by atoms with Gasteiger partial charge >= 0.3 is 0 Å². The molecule has 0 saturated heterocycles. The van der Waals surface area contributed by atoms with Crippen LogP contribution in [0, 0.1) is 11.3 Å². The van der Waals surface area contributed by atoms with Crippen molar-refractivity contribution in [2.45, 2.75) is 25.7 Å².